The monoisotopic (exact) mass is 189 g/mol. The molecule has 0 aliphatic heterocycles. The van der Waals surface area contributed by atoms with Gasteiger partial charge in [-0.2, -0.15) is 0 Å². The Hall–Kier alpha value is -0.820. The van der Waals surface area contributed by atoms with Crippen molar-refractivity contribution >= 4 is 0 Å². The van der Waals surface area contributed by atoms with E-state index in [0.29, 0.717) is 17.9 Å². The topological polar surface area (TPSA) is 26.0 Å². The van der Waals surface area contributed by atoms with Crippen LogP contribution >= 0.6 is 0 Å². The zero-order chi connectivity index (χ0) is 10.1. The molecule has 2 rings (SSSR count). The molecule has 0 spiro atoms. The highest BCUT2D eigenvalue weighted by Crippen LogP contribution is 2.39. The molecule has 3 unspecified atom stereocenters. The van der Waals surface area contributed by atoms with Gasteiger partial charge >= 0.3 is 0 Å². The highest BCUT2D eigenvalue weighted by molar-refractivity contribution is 5.31. The molecule has 0 saturated heterocycles. The van der Waals surface area contributed by atoms with Gasteiger partial charge < -0.3 is 5.73 Å². The van der Waals surface area contributed by atoms with Crippen molar-refractivity contribution in [3.63, 3.8) is 0 Å². The molecule has 0 bridgehead atoms. The summed E-state index contributed by atoms with van der Waals surface area (Å²) in [5.41, 5.74) is 8.69. The molecule has 2 N–H and O–H groups in total. The summed E-state index contributed by atoms with van der Waals surface area (Å²) in [5, 5.41) is 0. The Kier molecular flexibility index (Phi) is 2.60. The molecule has 14 heavy (non-hydrogen) atoms. The van der Waals surface area contributed by atoms with Crippen LogP contribution in [0.4, 0.5) is 0 Å². The molecule has 1 nitrogen and oxygen atoms in total. The largest absolute Gasteiger partial charge is 0.327 e. The van der Waals surface area contributed by atoms with Crippen LogP contribution < -0.4 is 5.73 Å². The fraction of sp³-hybridized carbons (Fsp3) is 0.538. The Morgan fingerprint density at radius 2 is 1.93 bits per heavy atom. The van der Waals surface area contributed by atoms with E-state index in [-0.39, 0.29) is 0 Å². The fourth-order valence-corrected chi connectivity index (χ4v) is 1.91. The second-order valence-electron chi connectivity index (χ2n) is 4.48. The normalized spacial score (nSPS) is 27.4. The maximum Gasteiger partial charge on any atom is 0.0115 e. The predicted octanol–water partition coefficient (Wildman–Crippen LogP) is 3.01. The van der Waals surface area contributed by atoms with Gasteiger partial charge in [-0.25, -0.2) is 0 Å². The van der Waals surface area contributed by atoms with Crippen LogP contribution in [-0.4, -0.2) is 6.04 Å². The third kappa shape index (κ3) is 1.83. The van der Waals surface area contributed by atoms with E-state index in [1.54, 1.807) is 0 Å². The number of hydrogen-bond acceptors (Lipinski definition) is 1. The summed E-state index contributed by atoms with van der Waals surface area (Å²) in [4.78, 5) is 0. The minimum Gasteiger partial charge on any atom is -0.327 e. The molecule has 1 saturated carbocycles. The number of rotatable bonds is 3. The first-order valence-electron chi connectivity index (χ1n) is 5.57. The first-order chi connectivity index (χ1) is 6.72. The van der Waals surface area contributed by atoms with Crippen LogP contribution in [0.1, 0.15) is 49.7 Å². The SMILES string of the molecule is CCC(C)c1ccc(C2CC2N)cc1. The number of hydrogen-bond donors (Lipinski definition) is 1. The van der Waals surface area contributed by atoms with Crippen LogP contribution in [0.5, 0.6) is 0 Å². The highest BCUT2D eigenvalue weighted by atomic mass is 14.7. The van der Waals surface area contributed by atoms with Gasteiger partial charge in [0.25, 0.3) is 0 Å². The first-order valence-corrected chi connectivity index (χ1v) is 5.57. The van der Waals surface area contributed by atoms with Crippen molar-refractivity contribution in [3.05, 3.63) is 35.4 Å². The van der Waals surface area contributed by atoms with E-state index >= 15 is 0 Å². The Balaban J connectivity index is 2.10. The van der Waals surface area contributed by atoms with Crippen molar-refractivity contribution in [2.45, 2.75) is 44.6 Å². The second kappa shape index (κ2) is 3.74. The van der Waals surface area contributed by atoms with Crippen molar-refractivity contribution in [2.24, 2.45) is 5.73 Å². The molecular weight excluding hydrogens is 170 g/mol. The molecule has 1 heteroatoms. The molecule has 0 aromatic heterocycles. The van der Waals surface area contributed by atoms with E-state index in [1.165, 1.54) is 24.0 Å². The van der Waals surface area contributed by atoms with Crippen molar-refractivity contribution in [3.8, 4) is 0 Å². The average Bonchev–Trinajstić information content (AvgIpc) is 2.95. The lowest BCUT2D eigenvalue weighted by atomic mass is 9.97. The third-order valence-corrected chi connectivity index (χ3v) is 3.39. The average molecular weight is 189 g/mol. The lowest BCUT2D eigenvalue weighted by molar-refractivity contribution is 0.733. The maximum atomic E-state index is 5.82. The fourth-order valence-electron chi connectivity index (χ4n) is 1.91. The molecular formula is C13H19N. The van der Waals surface area contributed by atoms with Crippen LogP contribution in [0.25, 0.3) is 0 Å². The quantitative estimate of drug-likeness (QED) is 0.777. The third-order valence-electron chi connectivity index (χ3n) is 3.39. The van der Waals surface area contributed by atoms with E-state index in [0.717, 1.165) is 0 Å². The molecule has 0 heterocycles. The maximum absolute atomic E-state index is 5.82. The van der Waals surface area contributed by atoms with Gasteiger partial charge in [-0.1, -0.05) is 38.1 Å². The van der Waals surface area contributed by atoms with Crippen LogP contribution in [-0.2, 0) is 0 Å². The summed E-state index contributed by atoms with van der Waals surface area (Å²) in [5.74, 6) is 1.32. The minimum absolute atomic E-state index is 0.421. The van der Waals surface area contributed by atoms with Crippen molar-refractivity contribution < 1.29 is 0 Å². The summed E-state index contributed by atoms with van der Waals surface area (Å²) in [7, 11) is 0. The number of nitrogens with two attached hydrogens (primary N) is 1. The lowest BCUT2D eigenvalue weighted by Crippen LogP contribution is -2.01. The summed E-state index contributed by atoms with van der Waals surface area (Å²) >= 11 is 0. The van der Waals surface area contributed by atoms with Crippen LogP contribution in [0, 0.1) is 0 Å². The van der Waals surface area contributed by atoms with Crippen LogP contribution in [0.15, 0.2) is 24.3 Å². The van der Waals surface area contributed by atoms with Crippen molar-refractivity contribution in [2.75, 3.05) is 0 Å². The van der Waals surface area contributed by atoms with Gasteiger partial charge in [-0.05, 0) is 29.9 Å². The van der Waals surface area contributed by atoms with Crippen LogP contribution in [0.3, 0.4) is 0 Å². The molecule has 0 radical (unpaired) electrons. The van der Waals surface area contributed by atoms with Crippen LogP contribution in [0.2, 0.25) is 0 Å². The highest BCUT2D eigenvalue weighted by Gasteiger charge is 2.34. The number of benzene rings is 1. The summed E-state index contributed by atoms with van der Waals surface area (Å²) in [6, 6.07) is 9.44. The molecule has 1 aromatic rings. The zero-order valence-electron chi connectivity index (χ0n) is 9.03. The van der Waals surface area contributed by atoms with Gasteiger partial charge in [0.05, 0.1) is 0 Å². The Bertz CT molecular complexity index is 279. The second-order valence-corrected chi connectivity index (χ2v) is 4.48. The molecule has 1 fully saturated rings. The van der Waals surface area contributed by atoms with E-state index in [9.17, 15) is 0 Å². The Morgan fingerprint density at radius 3 is 2.36 bits per heavy atom. The van der Waals surface area contributed by atoms with Crippen molar-refractivity contribution in [1.29, 1.82) is 0 Å². The molecule has 1 aliphatic rings. The first kappa shape index (κ1) is 9.72. The molecule has 3 atom stereocenters. The zero-order valence-corrected chi connectivity index (χ0v) is 9.03. The predicted molar refractivity (Wildman–Crippen MR) is 60.5 cm³/mol. The molecule has 76 valence electrons. The summed E-state index contributed by atoms with van der Waals surface area (Å²) in [6.45, 7) is 4.51. The summed E-state index contributed by atoms with van der Waals surface area (Å²) < 4.78 is 0. The van der Waals surface area contributed by atoms with E-state index in [1.807, 2.05) is 0 Å². The van der Waals surface area contributed by atoms with Gasteiger partial charge in [0.2, 0.25) is 0 Å². The van der Waals surface area contributed by atoms with E-state index < -0.39 is 0 Å². The Labute approximate surface area is 86.3 Å². The van der Waals surface area contributed by atoms with E-state index in [4.69, 9.17) is 5.73 Å². The van der Waals surface area contributed by atoms with Gasteiger partial charge in [-0.15, -0.1) is 0 Å². The smallest absolute Gasteiger partial charge is 0.0115 e. The van der Waals surface area contributed by atoms with Crippen molar-refractivity contribution in [1.82, 2.24) is 0 Å². The van der Waals surface area contributed by atoms with Gasteiger partial charge in [-0.3, -0.25) is 0 Å². The standard InChI is InChI=1S/C13H19N/c1-3-9(2)10-4-6-11(7-5-10)12-8-13(12)14/h4-7,9,12-13H,3,8,14H2,1-2H3. The summed E-state index contributed by atoms with van der Waals surface area (Å²) in [6.07, 6.45) is 2.38. The van der Waals surface area contributed by atoms with Gasteiger partial charge in [0.15, 0.2) is 0 Å². The Morgan fingerprint density at radius 1 is 1.36 bits per heavy atom. The minimum atomic E-state index is 0.421. The molecule has 1 aromatic carbocycles. The molecule has 1 aliphatic carbocycles. The molecule has 0 amide bonds. The van der Waals surface area contributed by atoms with Gasteiger partial charge in [0, 0.05) is 12.0 Å². The van der Waals surface area contributed by atoms with E-state index in [2.05, 4.69) is 38.1 Å². The lowest BCUT2D eigenvalue weighted by Gasteiger charge is -2.09. The van der Waals surface area contributed by atoms with Gasteiger partial charge in [0.1, 0.15) is 0 Å².